The molecule has 1 aliphatic rings. The summed E-state index contributed by atoms with van der Waals surface area (Å²) < 4.78 is 20.1. The zero-order valence-corrected chi connectivity index (χ0v) is 13.6. The van der Waals surface area contributed by atoms with Crippen LogP contribution < -0.4 is 10.1 Å². The van der Waals surface area contributed by atoms with Crippen molar-refractivity contribution in [2.75, 3.05) is 13.1 Å². The summed E-state index contributed by atoms with van der Waals surface area (Å²) in [5.74, 6) is 0.791. The quantitative estimate of drug-likeness (QED) is 0.891. The fraction of sp³-hybridized carbons (Fsp3) is 0.400. The number of halogens is 1. The molecule has 1 aliphatic heterocycles. The molecule has 122 valence electrons. The summed E-state index contributed by atoms with van der Waals surface area (Å²) in [5, 5.41) is 3.37. The van der Waals surface area contributed by atoms with Gasteiger partial charge in [-0.3, -0.25) is 0 Å². The highest BCUT2D eigenvalue weighted by Crippen LogP contribution is 2.27. The highest BCUT2D eigenvalue weighted by Gasteiger charge is 2.16. The molecule has 0 radical (unpaired) electrons. The van der Waals surface area contributed by atoms with Gasteiger partial charge in [0, 0.05) is 0 Å². The van der Waals surface area contributed by atoms with Crippen LogP contribution in [-0.4, -0.2) is 13.1 Å². The van der Waals surface area contributed by atoms with Crippen molar-refractivity contribution in [2.24, 2.45) is 5.92 Å². The Bertz CT molecular complexity index is 612. The number of hydrogen-bond acceptors (Lipinski definition) is 2. The van der Waals surface area contributed by atoms with Crippen molar-refractivity contribution < 1.29 is 9.13 Å². The molecule has 2 aromatic rings. The average molecular weight is 313 g/mol. The van der Waals surface area contributed by atoms with Crippen LogP contribution in [0.3, 0.4) is 0 Å². The van der Waals surface area contributed by atoms with Gasteiger partial charge in [0.15, 0.2) is 11.6 Å². The maximum absolute atomic E-state index is 14.4. The summed E-state index contributed by atoms with van der Waals surface area (Å²) in [6.07, 6.45) is 3.30. The number of rotatable bonds is 5. The van der Waals surface area contributed by atoms with E-state index in [1.807, 2.05) is 37.3 Å². The van der Waals surface area contributed by atoms with E-state index in [4.69, 9.17) is 4.74 Å². The van der Waals surface area contributed by atoms with Crippen molar-refractivity contribution >= 4 is 0 Å². The molecule has 1 N–H and O–H groups in total. The second kappa shape index (κ2) is 7.60. The lowest BCUT2D eigenvalue weighted by Crippen LogP contribution is -2.28. The van der Waals surface area contributed by atoms with Gasteiger partial charge in [-0.2, -0.15) is 0 Å². The minimum absolute atomic E-state index is 0.245. The first-order valence-corrected chi connectivity index (χ1v) is 8.39. The maximum atomic E-state index is 14.4. The Morgan fingerprint density at radius 3 is 2.52 bits per heavy atom. The standard InChI is InChI=1S/C20H24FNO/c1-15-11-18(12-16-7-9-22-10-8-16)13-19(21)20(15)23-14-17-5-3-2-4-6-17/h2-6,11,13,16,22H,7-10,12,14H2,1H3. The van der Waals surface area contributed by atoms with E-state index in [0.29, 0.717) is 18.3 Å². The lowest BCUT2D eigenvalue weighted by atomic mass is 9.90. The summed E-state index contributed by atoms with van der Waals surface area (Å²) in [5.41, 5.74) is 3.01. The van der Waals surface area contributed by atoms with Gasteiger partial charge >= 0.3 is 0 Å². The van der Waals surface area contributed by atoms with Gasteiger partial charge in [0.05, 0.1) is 0 Å². The molecule has 2 aromatic carbocycles. The van der Waals surface area contributed by atoms with Crippen molar-refractivity contribution in [3.05, 3.63) is 65.0 Å². The van der Waals surface area contributed by atoms with E-state index in [2.05, 4.69) is 11.4 Å². The summed E-state index contributed by atoms with van der Waals surface area (Å²) in [7, 11) is 0. The fourth-order valence-electron chi connectivity index (χ4n) is 3.25. The lowest BCUT2D eigenvalue weighted by molar-refractivity contribution is 0.287. The molecule has 0 spiro atoms. The van der Waals surface area contributed by atoms with Crippen molar-refractivity contribution in [1.82, 2.24) is 5.32 Å². The molecular weight excluding hydrogens is 289 g/mol. The van der Waals surface area contributed by atoms with Crippen LogP contribution in [0.2, 0.25) is 0 Å². The Morgan fingerprint density at radius 1 is 1.09 bits per heavy atom. The predicted octanol–water partition coefficient (Wildman–Crippen LogP) is 4.26. The minimum Gasteiger partial charge on any atom is -0.486 e. The molecule has 0 aromatic heterocycles. The molecule has 0 unspecified atom stereocenters. The first kappa shape index (κ1) is 16.0. The van der Waals surface area contributed by atoms with Crippen LogP contribution in [0.4, 0.5) is 4.39 Å². The Morgan fingerprint density at radius 2 is 1.83 bits per heavy atom. The van der Waals surface area contributed by atoms with Crippen molar-refractivity contribution in [1.29, 1.82) is 0 Å². The number of benzene rings is 2. The minimum atomic E-state index is -0.245. The maximum Gasteiger partial charge on any atom is 0.165 e. The van der Waals surface area contributed by atoms with Gasteiger partial charge in [0.1, 0.15) is 6.61 Å². The molecule has 0 saturated carbocycles. The average Bonchev–Trinajstić information content (AvgIpc) is 2.56. The zero-order valence-electron chi connectivity index (χ0n) is 13.6. The molecule has 3 heteroatoms. The number of piperidine rings is 1. The molecule has 3 rings (SSSR count). The molecule has 0 bridgehead atoms. The smallest absolute Gasteiger partial charge is 0.165 e. The largest absolute Gasteiger partial charge is 0.486 e. The van der Waals surface area contributed by atoms with Gasteiger partial charge in [-0.05, 0) is 68.0 Å². The van der Waals surface area contributed by atoms with Crippen LogP contribution >= 0.6 is 0 Å². The van der Waals surface area contributed by atoms with E-state index in [-0.39, 0.29) is 5.82 Å². The van der Waals surface area contributed by atoms with Gasteiger partial charge in [0.2, 0.25) is 0 Å². The lowest BCUT2D eigenvalue weighted by Gasteiger charge is -2.23. The Kier molecular flexibility index (Phi) is 5.29. The van der Waals surface area contributed by atoms with Gasteiger partial charge in [0.25, 0.3) is 0 Å². The molecule has 2 nitrogen and oxygen atoms in total. The van der Waals surface area contributed by atoms with Gasteiger partial charge in [-0.15, -0.1) is 0 Å². The number of aryl methyl sites for hydroxylation is 1. The van der Waals surface area contributed by atoms with Crippen LogP contribution in [0.25, 0.3) is 0 Å². The number of ether oxygens (including phenoxy) is 1. The summed E-state index contributed by atoms with van der Waals surface area (Å²) in [6, 6.07) is 13.6. The highest BCUT2D eigenvalue weighted by molar-refractivity contribution is 5.38. The van der Waals surface area contributed by atoms with Gasteiger partial charge < -0.3 is 10.1 Å². The van der Waals surface area contributed by atoms with Crippen LogP contribution in [0.1, 0.15) is 29.5 Å². The summed E-state index contributed by atoms with van der Waals surface area (Å²) in [4.78, 5) is 0. The monoisotopic (exact) mass is 313 g/mol. The van der Waals surface area contributed by atoms with E-state index in [1.165, 1.54) is 12.8 Å². The van der Waals surface area contributed by atoms with Crippen molar-refractivity contribution in [2.45, 2.75) is 32.8 Å². The topological polar surface area (TPSA) is 21.3 Å². The molecule has 0 aliphatic carbocycles. The van der Waals surface area contributed by atoms with Crippen LogP contribution in [0.5, 0.6) is 5.75 Å². The number of nitrogens with one attached hydrogen (secondary N) is 1. The normalized spacial score (nSPS) is 15.6. The van der Waals surface area contributed by atoms with Gasteiger partial charge in [-0.25, -0.2) is 4.39 Å². The molecule has 0 amide bonds. The predicted molar refractivity (Wildman–Crippen MR) is 91.2 cm³/mol. The number of hydrogen-bond donors (Lipinski definition) is 1. The highest BCUT2D eigenvalue weighted by atomic mass is 19.1. The van der Waals surface area contributed by atoms with Crippen LogP contribution in [0.15, 0.2) is 42.5 Å². The molecular formula is C20H24FNO. The first-order valence-electron chi connectivity index (χ1n) is 8.39. The van der Waals surface area contributed by atoms with E-state index < -0.39 is 0 Å². The second-order valence-electron chi connectivity index (χ2n) is 6.40. The van der Waals surface area contributed by atoms with E-state index in [1.54, 1.807) is 6.07 Å². The third-order valence-corrected chi connectivity index (χ3v) is 4.50. The Labute approximate surface area is 137 Å². The second-order valence-corrected chi connectivity index (χ2v) is 6.40. The molecule has 23 heavy (non-hydrogen) atoms. The molecule has 1 saturated heterocycles. The van der Waals surface area contributed by atoms with E-state index in [0.717, 1.165) is 36.2 Å². The third-order valence-electron chi connectivity index (χ3n) is 4.50. The Hall–Kier alpha value is -1.87. The third kappa shape index (κ3) is 4.32. The molecule has 1 fully saturated rings. The zero-order chi connectivity index (χ0) is 16.1. The van der Waals surface area contributed by atoms with Crippen molar-refractivity contribution in [3.8, 4) is 5.75 Å². The van der Waals surface area contributed by atoms with Crippen LogP contribution in [-0.2, 0) is 13.0 Å². The summed E-state index contributed by atoms with van der Waals surface area (Å²) in [6.45, 7) is 4.47. The van der Waals surface area contributed by atoms with Crippen molar-refractivity contribution in [3.63, 3.8) is 0 Å². The fourth-order valence-corrected chi connectivity index (χ4v) is 3.25. The van der Waals surface area contributed by atoms with Gasteiger partial charge in [-0.1, -0.05) is 36.4 Å². The molecule has 1 heterocycles. The Balaban J connectivity index is 1.67. The van der Waals surface area contributed by atoms with E-state index in [9.17, 15) is 4.39 Å². The molecule has 0 atom stereocenters. The van der Waals surface area contributed by atoms with Crippen LogP contribution in [0, 0.1) is 18.7 Å². The van der Waals surface area contributed by atoms with E-state index >= 15 is 0 Å². The first-order chi connectivity index (χ1) is 11.2. The SMILES string of the molecule is Cc1cc(CC2CCNCC2)cc(F)c1OCc1ccccc1. The summed E-state index contributed by atoms with van der Waals surface area (Å²) >= 11 is 0.